The summed E-state index contributed by atoms with van der Waals surface area (Å²) in [4.78, 5) is 0. The number of nitrogens with one attached hydrogen (secondary N) is 1. The SMILES string of the molecule is C[C@H](CO[Si](C)(C)C(C)(C)C)NC[C@@H](O)COc1cccc(Cl)c1. The predicted molar refractivity (Wildman–Crippen MR) is 104 cm³/mol. The summed E-state index contributed by atoms with van der Waals surface area (Å²) >= 11 is 5.90. The van der Waals surface area contributed by atoms with Gasteiger partial charge in [-0.3, -0.25) is 0 Å². The maximum absolute atomic E-state index is 10.0. The molecule has 0 saturated heterocycles. The third kappa shape index (κ3) is 7.53. The van der Waals surface area contributed by atoms with Crippen LogP contribution in [0.25, 0.3) is 0 Å². The van der Waals surface area contributed by atoms with Crippen molar-refractivity contribution in [1.29, 1.82) is 0 Å². The van der Waals surface area contributed by atoms with Gasteiger partial charge in [0, 0.05) is 24.2 Å². The third-order valence-electron chi connectivity index (χ3n) is 4.44. The Morgan fingerprint density at radius 2 is 1.92 bits per heavy atom. The summed E-state index contributed by atoms with van der Waals surface area (Å²) in [6, 6.07) is 7.35. The minimum Gasteiger partial charge on any atom is -0.491 e. The van der Waals surface area contributed by atoms with Crippen LogP contribution in [0.3, 0.4) is 0 Å². The van der Waals surface area contributed by atoms with Crippen molar-refractivity contribution in [3.8, 4) is 5.75 Å². The lowest BCUT2D eigenvalue weighted by atomic mass is 10.2. The molecule has 0 saturated carbocycles. The number of rotatable bonds is 9. The normalized spacial score (nSPS) is 15.2. The van der Waals surface area contributed by atoms with Gasteiger partial charge in [-0.1, -0.05) is 38.4 Å². The molecule has 0 aliphatic rings. The van der Waals surface area contributed by atoms with E-state index in [9.17, 15) is 5.11 Å². The molecule has 4 nitrogen and oxygen atoms in total. The molecule has 1 aromatic rings. The summed E-state index contributed by atoms with van der Waals surface area (Å²) in [5, 5.41) is 14.2. The maximum Gasteiger partial charge on any atom is 0.192 e. The van der Waals surface area contributed by atoms with E-state index in [4.69, 9.17) is 20.8 Å². The first-order chi connectivity index (χ1) is 11.0. The van der Waals surface area contributed by atoms with Crippen molar-refractivity contribution in [3.05, 3.63) is 29.3 Å². The van der Waals surface area contributed by atoms with Gasteiger partial charge in [0.25, 0.3) is 0 Å². The van der Waals surface area contributed by atoms with E-state index >= 15 is 0 Å². The first-order valence-electron chi connectivity index (χ1n) is 8.45. The van der Waals surface area contributed by atoms with Gasteiger partial charge in [0.05, 0.1) is 0 Å². The van der Waals surface area contributed by atoms with Crippen molar-refractivity contribution in [2.24, 2.45) is 0 Å². The minimum absolute atomic E-state index is 0.181. The van der Waals surface area contributed by atoms with Crippen LogP contribution in [-0.4, -0.2) is 45.3 Å². The lowest BCUT2D eigenvalue weighted by molar-refractivity contribution is 0.101. The van der Waals surface area contributed by atoms with E-state index in [1.807, 2.05) is 12.1 Å². The molecule has 0 fully saturated rings. The number of aliphatic hydroxyl groups excluding tert-OH is 1. The van der Waals surface area contributed by atoms with Gasteiger partial charge in [-0.15, -0.1) is 0 Å². The summed E-state index contributed by atoms with van der Waals surface area (Å²) in [7, 11) is -1.73. The summed E-state index contributed by atoms with van der Waals surface area (Å²) in [6.07, 6.45) is -0.584. The molecule has 0 radical (unpaired) electrons. The van der Waals surface area contributed by atoms with Crippen LogP contribution >= 0.6 is 11.6 Å². The molecule has 0 heterocycles. The zero-order valence-electron chi connectivity index (χ0n) is 15.7. The highest BCUT2D eigenvalue weighted by Gasteiger charge is 2.37. The summed E-state index contributed by atoms with van der Waals surface area (Å²) in [5.41, 5.74) is 0. The monoisotopic (exact) mass is 373 g/mol. The zero-order valence-corrected chi connectivity index (χ0v) is 17.5. The summed E-state index contributed by atoms with van der Waals surface area (Å²) in [5.74, 6) is 0.663. The van der Waals surface area contributed by atoms with Gasteiger partial charge in [-0.2, -0.15) is 0 Å². The molecule has 0 unspecified atom stereocenters. The molecule has 138 valence electrons. The average molecular weight is 374 g/mol. The van der Waals surface area contributed by atoms with E-state index in [-0.39, 0.29) is 17.7 Å². The highest BCUT2D eigenvalue weighted by atomic mass is 35.5. The fraction of sp³-hybridized carbons (Fsp3) is 0.667. The van der Waals surface area contributed by atoms with Crippen molar-refractivity contribution >= 4 is 19.9 Å². The predicted octanol–water partition coefficient (Wildman–Crippen LogP) is 4.08. The Kier molecular flexibility index (Phi) is 8.22. The fourth-order valence-electron chi connectivity index (χ4n) is 1.75. The molecule has 1 aromatic carbocycles. The molecule has 0 bridgehead atoms. The Hall–Kier alpha value is -0.593. The molecular formula is C18H32ClNO3Si. The quantitative estimate of drug-likeness (QED) is 0.640. The van der Waals surface area contributed by atoms with Gasteiger partial charge >= 0.3 is 0 Å². The molecule has 0 aliphatic carbocycles. The molecular weight excluding hydrogens is 342 g/mol. The number of hydrogen-bond donors (Lipinski definition) is 2. The molecule has 6 heteroatoms. The van der Waals surface area contributed by atoms with Gasteiger partial charge < -0.3 is 19.6 Å². The van der Waals surface area contributed by atoms with Crippen LogP contribution in [0.5, 0.6) is 5.75 Å². The van der Waals surface area contributed by atoms with Crippen molar-refractivity contribution in [3.63, 3.8) is 0 Å². The molecule has 1 rings (SSSR count). The number of hydrogen-bond acceptors (Lipinski definition) is 4. The highest BCUT2D eigenvalue weighted by molar-refractivity contribution is 6.74. The van der Waals surface area contributed by atoms with Crippen molar-refractivity contribution < 1.29 is 14.3 Å². The smallest absolute Gasteiger partial charge is 0.192 e. The van der Waals surface area contributed by atoms with E-state index in [0.717, 1.165) is 0 Å². The summed E-state index contributed by atoms with van der Waals surface area (Å²) in [6.45, 7) is 14.6. The van der Waals surface area contributed by atoms with Crippen LogP contribution in [0.15, 0.2) is 24.3 Å². The molecule has 0 aliphatic heterocycles. The second kappa shape index (κ2) is 9.20. The molecule has 2 atom stereocenters. The number of aliphatic hydroxyl groups is 1. The Labute approximate surface area is 152 Å². The number of halogens is 1. The van der Waals surface area contributed by atoms with Crippen molar-refractivity contribution in [1.82, 2.24) is 5.32 Å². The van der Waals surface area contributed by atoms with Crippen molar-refractivity contribution in [2.45, 2.75) is 58.0 Å². The molecule has 0 spiro atoms. The molecule has 0 amide bonds. The zero-order chi connectivity index (χ0) is 18.4. The average Bonchev–Trinajstić information content (AvgIpc) is 2.48. The van der Waals surface area contributed by atoms with Crippen LogP contribution in [0.4, 0.5) is 0 Å². The van der Waals surface area contributed by atoms with E-state index in [1.165, 1.54) is 0 Å². The Morgan fingerprint density at radius 1 is 1.25 bits per heavy atom. The second-order valence-electron chi connectivity index (χ2n) is 7.80. The van der Waals surface area contributed by atoms with Gasteiger partial charge in [0.15, 0.2) is 8.32 Å². The van der Waals surface area contributed by atoms with E-state index in [0.29, 0.717) is 23.9 Å². The van der Waals surface area contributed by atoms with Gasteiger partial charge in [-0.05, 0) is 43.3 Å². The standard InChI is InChI=1S/C18H32ClNO3Si/c1-14(12-23-24(5,6)18(2,3)4)20-11-16(21)13-22-17-9-7-8-15(19)10-17/h7-10,14,16,20-21H,11-13H2,1-6H3/t14-,16-/m1/s1. The Bertz CT molecular complexity index is 505. The minimum atomic E-state index is -1.73. The third-order valence-corrected chi connectivity index (χ3v) is 9.18. The Balaban J connectivity index is 2.27. The topological polar surface area (TPSA) is 50.7 Å². The first kappa shape index (κ1) is 21.4. The first-order valence-corrected chi connectivity index (χ1v) is 11.7. The number of benzene rings is 1. The lowest BCUT2D eigenvalue weighted by Crippen LogP contribution is -2.45. The maximum atomic E-state index is 10.0. The lowest BCUT2D eigenvalue weighted by Gasteiger charge is -2.37. The second-order valence-corrected chi connectivity index (χ2v) is 13.0. The van der Waals surface area contributed by atoms with Crippen LogP contribution in [0.1, 0.15) is 27.7 Å². The number of ether oxygens (including phenoxy) is 1. The summed E-state index contributed by atoms with van der Waals surface area (Å²) < 4.78 is 11.7. The van der Waals surface area contributed by atoms with Gasteiger partial charge in [-0.25, -0.2) is 0 Å². The van der Waals surface area contributed by atoms with Crippen LogP contribution < -0.4 is 10.1 Å². The Morgan fingerprint density at radius 3 is 2.50 bits per heavy atom. The van der Waals surface area contributed by atoms with Crippen molar-refractivity contribution in [2.75, 3.05) is 19.8 Å². The van der Waals surface area contributed by atoms with Crippen LogP contribution in [0.2, 0.25) is 23.2 Å². The highest BCUT2D eigenvalue weighted by Crippen LogP contribution is 2.36. The van der Waals surface area contributed by atoms with E-state index < -0.39 is 14.4 Å². The van der Waals surface area contributed by atoms with E-state index in [1.54, 1.807) is 12.1 Å². The van der Waals surface area contributed by atoms with Crippen LogP contribution in [-0.2, 0) is 4.43 Å². The van der Waals surface area contributed by atoms with Crippen LogP contribution in [0, 0.1) is 0 Å². The fourth-order valence-corrected chi connectivity index (χ4v) is 3.03. The molecule has 24 heavy (non-hydrogen) atoms. The molecule has 2 N–H and O–H groups in total. The van der Waals surface area contributed by atoms with E-state index in [2.05, 4.69) is 46.1 Å². The largest absolute Gasteiger partial charge is 0.491 e. The molecule has 0 aromatic heterocycles. The van der Waals surface area contributed by atoms with Gasteiger partial charge in [0.1, 0.15) is 18.5 Å². The van der Waals surface area contributed by atoms with Gasteiger partial charge in [0.2, 0.25) is 0 Å².